The van der Waals surface area contributed by atoms with Crippen LogP contribution in [0.25, 0.3) is 5.57 Å². The maximum Gasteiger partial charge on any atom is 0.573 e. The topological polar surface area (TPSA) is 130 Å². The quantitative estimate of drug-likeness (QED) is 0.216. The molecule has 0 radical (unpaired) electrons. The van der Waals surface area contributed by atoms with E-state index in [-0.39, 0.29) is 37.9 Å². The average molecular weight is 596 g/mol. The number of aliphatic carboxylic acids is 1. The summed E-state index contributed by atoms with van der Waals surface area (Å²) in [6.07, 6.45) is -5.76. The van der Waals surface area contributed by atoms with Gasteiger partial charge in [0.1, 0.15) is 5.75 Å². The Morgan fingerprint density at radius 2 is 1.38 bits per heavy atom. The number of ketones is 2. The van der Waals surface area contributed by atoms with Crippen LogP contribution >= 0.6 is 23.2 Å². The highest BCUT2D eigenvalue weighted by Gasteiger charge is 2.31. The molecule has 40 heavy (non-hydrogen) atoms. The lowest BCUT2D eigenvalue weighted by molar-refractivity contribution is -0.274. The molecule has 0 spiro atoms. The summed E-state index contributed by atoms with van der Waals surface area (Å²) >= 11 is 11.9. The summed E-state index contributed by atoms with van der Waals surface area (Å²) in [5.74, 6) is -4.16. The van der Waals surface area contributed by atoms with Gasteiger partial charge in [0.25, 0.3) is 5.91 Å². The van der Waals surface area contributed by atoms with Crippen LogP contribution in [0.3, 0.4) is 0 Å². The second-order valence-corrected chi connectivity index (χ2v) is 9.00. The smallest absolute Gasteiger partial charge is 0.479 e. The lowest BCUT2D eigenvalue weighted by Crippen LogP contribution is -2.36. The monoisotopic (exact) mass is 595 g/mol. The summed E-state index contributed by atoms with van der Waals surface area (Å²) in [5, 5.41) is 20.5. The van der Waals surface area contributed by atoms with Gasteiger partial charge in [-0.2, -0.15) is 0 Å². The standard InChI is InChI=1S/C27H18Cl2F3NO7/c28-18-9-17(10-19(29)11-18)22(34)12-21(14-5-7-20(8-6-14)40-27(30,31)32)24(36)15-1-3-16(4-2-15)25(37)33-13-23(35)26(38)39/h1-12,23,35H,13H2,(H,33,37)(H,38,39)/b21-12-/t23-/m1/s1. The van der Waals surface area contributed by atoms with Crippen LogP contribution in [0, 0.1) is 0 Å². The molecule has 0 aliphatic rings. The van der Waals surface area contributed by atoms with Gasteiger partial charge in [-0.25, -0.2) is 4.79 Å². The average Bonchev–Trinajstić information content (AvgIpc) is 2.88. The number of hydrogen-bond donors (Lipinski definition) is 3. The molecule has 0 aromatic heterocycles. The summed E-state index contributed by atoms with van der Waals surface area (Å²) in [5.41, 5.74) is 0.00110. The maximum atomic E-state index is 13.4. The number of rotatable bonds is 10. The molecular formula is C27H18Cl2F3NO7. The number of Topliss-reactive ketones (excluding diaryl/α,β-unsaturated/α-hetero) is 1. The third-order valence-electron chi connectivity index (χ3n) is 5.22. The fourth-order valence-corrected chi connectivity index (χ4v) is 3.86. The van der Waals surface area contributed by atoms with E-state index in [9.17, 15) is 37.5 Å². The lowest BCUT2D eigenvalue weighted by atomic mass is 9.94. The van der Waals surface area contributed by atoms with E-state index in [0.29, 0.717) is 0 Å². The summed E-state index contributed by atoms with van der Waals surface area (Å²) in [4.78, 5) is 49.4. The van der Waals surface area contributed by atoms with E-state index in [1.165, 1.54) is 54.6 Å². The molecule has 0 bridgehead atoms. The number of allylic oxidation sites excluding steroid dienone is 2. The Morgan fingerprint density at radius 3 is 1.90 bits per heavy atom. The van der Waals surface area contributed by atoms with Crippen LogP contribution in [0.4, 0.5) is 13.2 Å². The summed E-state index contributed by atoms with van der Waals surface area (Å²) in [7, 11) is 0. The molecule has 0 aliphatic heterocycles. The molecular weight excluding hydrogens is 578 g/mol. The molecule has 3 rings (SSSR count). The number of aliphatic hydroxyl groups is 1. The fraction of sp³-hybridized carbons (Fsp3) is 0.111. The van der Waals surface area contributed by atoms with Crippen molar-refractivity contribution in [2.45, 2.75) is 12.5 Å². The number of alkyl halides is 3. The minimum Gasteiger partial charge on any atom is -0.479 e. The summed E-state index contributed by atoms with van der Waals surface area (Å²) < 4.78 is 41.6. The molecule has 1 amide bonds. The maximum absolute atomic E-state index is 13.4. The number of carbonyl (C=O) groups excluding carboxylic acids is 3. The number of aliphatic hydroxyl groups excluding tert-OH is 1. The van der Waals surface area contributed by atoms with Crippen molar-refractivity contribution < 1.29 is 47.3 Å². The number of amides is 1. The largest absolute Gasteiger partial charge is 0.573 e. The van der Waals surface area contributed by atoms with Gasteiger partial charge < -0.3 is 20.3 Å². The fourth-order valence-electron chi connectivity index (χ4n) is 3.33. The molecule has 3 aromatic rings. The van der Waals surface area contributed by atoms with E-state index in [0.717, 1.165) is 18.2 Å². The van der Waals surface area contributed by atoms with Crippen molar-refractivity contribution in [3.63, 3.8) is 0 Å². The van der Waals surface area contributed by atoms with Gasteiger partial charge in [-0.1, -0.05) is 47.5 Å². The number of carbonyl (C=O) groups is 4. The third-order valence-corrected chi connectivity index (χ3v) is 5.65. The van der Waals surface area contributed by atoms with Gasteiger partial charge in [-0.3, -0.25) is 14.4 Å². The van der Waals surface area contributed by atoms with Crippen molar-refractivity contribution in [2.75, 3.05) is 6.54 Å². The van der Waals surface area contributed by atoms with E-state index in [1.54, 1.807) is 0 Å². The molecule has 8 nitrogen and oxygen atoms in total. The van der Waals surface area contributed by atoms with Gasteiger partial charge in [0.2, 0.25) is 0 Å². The Bertz CT molecular complexity index is 1450. The first-order valence-corrected chi connectivity index (χ1v) is 11.9. The van der Waals surface area contributed by atoms with Crippen molar-refractivity contribution in [3.8, 4) is 5.75 Å². The molecule has 1 atom stereocenters. The minimum atomic E-state index is -4.93. The second-order valence-electron chi connectivity index (χ2n) is 8.12. The highest BCUT2D eigenvalue weighted by Crippen LogP contribution is 2.28. The Hall–Kier alpha value is -4.19. The van der Waals surface area contributed by atoms with E-state index in [1.807, 2.05) is 0 Å². The van der Waals surface area contributed by atoms with Crippen LogP contribution < -0.4 is 10.1 Å². The highest BCUT2D eigenvalue weighted by atomic mass is 35.5. The zero-order valence-corrected chi connectivity index (χ0v) is 21.6. The van der Waals surface area contributed by atoms with Gasteiger partial charge in [-0.15, -0.1) is 13.2 Å². The van der Waals surface area contributed by atoms with Crippen LogP contribution in [-0.2, 0) is 4.79 Å². The van der Waals surface area contributed by atoms with Crippen molar-refractivity contribution in [1.29, 1.82) is 0 Å². The van der Waals surface area contributed by atoms with Crippen LogP contribution in [0.1, 0.15) is 36.6 Å². The van der Waals surface area contributed by atoms with Crippen LogP contribution in [-0.4, -0.2) is 52.7 Å². The van der Waals surface area contributed by atoms with Crippen LogP contribution in [0.15, 0.2) is 72.8 Å². The Kier molecular flexibility index (Phi) is 9.69. The minimum absolute atomic E-state index is 0.0147. The number of halogens is 5. The van der Waals surface area contributed by atoms with Crippen LogP contribution in [0.2, 0.25) is 10.0 Å². The predicted octanol–water partition coefficient (Wildman–Crippen LogP) is 5.22. The molecule has 3 aromatic carbocycles. The Labute approximate surface area is 234 Å². The van der Waals surface area contributed by atoms with Gasteiger partial charge in [0, 0.05) is 32.3 Å². The zero-order valence-electron chi connectivity index (χ0n) is 20.0. The Balaban J connectivity index is 1.94. The lowest BCUT2D eigenvalue weighted by Gasteiger charge is -2.12. The van der Waals surface area contributed by atoms with Crippen molar-refractivity contribution >= 4 is 52.2 Å². The number of carboxylic acid groups (broad SMARTS) is 1. The first kappa shape index (κ1) is 30.4. The van der Waals surface area contributed by atoms with Crippen molar-refractivity contribution in [2.24, 2.45) is 0 Å². The number of carboxylic acids is 1. The molecule has 0 heterocycles. The summed E-state index contributed by atoms with van der Waals surface area (Å²) in [6.45, 7) is -0.550. The molecule has 0 aliphatic carbocycles. The molecule has 208 valence electrons. The zero-order chi connectivity index (χ0) is 29.6. The SMILES string of the molecule is O=C(/C=C(\C(=O)c1ccc(C(=O)NC[C@@H](O)C(=O)O)cc1)c1ccc(OC(F)(F)F)cc1)c1cc(Cl)cc(Cl)c1. The van der Waals surface area contributed by atoms with Crippen molar-refractivity contribution in [1.82, 2.24) is 5.32 Å². The molecule has 13 heteroatoms. The van der Waals surface area contributed by atoms with Gasteiger partial charge in [0.05, 0.1) is 6.54 Å². The van der Waals surface area contributed by atoms with E-state index in [2.05, 4.69) is 10.1 Å². The number of nitrogens with one attached hydrogen (secondary N) is 1. The first-order chi connectivity index (χ1) is 18.7. The predicted molar refractivity (Wildman–Crippen MR) is 139 cm³/mol. The highest BCUT2D eigenvalue weighted by molar-refractivity contribution is 6.36. The third kappa shape index (κ3) is 8.40. The van der Waals surface area contributed by atoms with Gasteiger partial charge >= 0.3 is 12.3 Å². The van der Waals surface area contributed by atoms with E-state index < -0.39 is 48.2 Å². The normalized spacial score (nSPS) is 12.4. The second kappa shape index (κ2) is 12.8. The number of ether oxygens (including phenoxy) is 1. The molecule has 0 saturated carbocycles. The molecule has 0 saturated heterocycles. The number of hydrogen-bond acceptors (Lipinski definition) is 6. The first-order valence-electron chi connectivity index (χ1n) is 11.2. The molecule has 0 unspecified atom stereocenters. The van der Waals surface area contributed by atoms with Crippen LogP contribution in [0.5, 0.6) is 5.75 Å². The van der Waals surface area contributed by atoms with Crippen molar-refractivity contribution in [3.05, 3.63) is 105 Å². The van der Waals surface area contributed by atoms with E-state index in [4.69, 9.17) is 28.3 Å². The van der Waals surface area contributed by atoms with E-state index >= 15 is 0 Å². The number of benzene rings is 3. The molecule has 3 N–H and O–H groups in total. The Morgan fingerprint density at radius 1 is 0.850 bits per heavy atom. The summed E-state index contributed by atoms with van der Waals surface area (Å²) in [6, 6.07) is 13.4. The molecule has 0 fully saturated rings. The van der Waals surface area contributed by atoms with Gasteiger partial charge in [-0.05, 0) is 54.1 Å². The van der Waals surface area contributed by atoms with Gasteiger partial charge in [0.15, 0.2) is 17.7 Å².